The molecule has 0 aromatic heterocycles. The van der Waals surface area contributed by atoms with Gasteiger partial charge in [-0.2, -0.15) is 0 Å². The van der Waals surface area contributed by atoms with E-state index in [1.165, 1.54) is 35.3 Å². The first kappa shape index (κ1) is 14.0. The molecule has 1 aromatic rings. The van der Waals surface area contributed by atoms with E-state index in [0.29, 0.717) is 5.04 Å². The van der Waals surface area contributed by atoms with E-state index in [1.807, 2.05) is 0 Å². The number of benzene rings is 1. The highest BCUT2D eigenvalue weighted by Crippen LogP contribution is 2.22. The lowest BCUT2D eigenvalue weighted by Gasteiger charge is -2.16. The summed E-state index contributed by atoms with van der Waals surface area (Å²) < 4.78 is 1.18. The molecule has 90 valence electrons. The summed E-state index contributed by atoms with van der Waals surface area (Å²) in [6.45, 7) is 7.15. The molecule has 16 heavy (non-hydrogen) atoms. The largest absolute Gasteiger partial charge is 0.0632 e. The molecule has 0 spiro atoms. The highest BCUT2D eigenvalue weighted by atomic mass is 79.9. The standard InChI is InChI=1S/C14H23BrSi/c1-14(2,3)16-11-5-4-6-12-7-9-13(15)10-8-12/h7-10H,4-6,11,16H2,1-3H3. The summed E-state index contributed by atoms with van der Waals surface area (Å²) >= 11 is 3.47. The third kappa shape index (κ3) is 6.49. The zero-order valence-electron chi connectivity index (χ0n) is 10.7. The second kappa shape index (κ2) is 6.60. The lowest BCUT2D eigenvalue weighted by atomic mass is 10.1. The van der Waals surface area contributed by atoms with E-state index in [2.05, 4.69) is 61.0 Å². The molecule has 0 radical (unpaired) electrons. The van der Waals surface area contributed by atoms with E-state index in [0.717, 1.165) is 0 Å². The van der Waals surface area contributed by atoms with Gasteiger partial charge in [0, 0.05) is 14.0 Å². The quantitative estimate of drug-likeness (QED) is 0.551. The van der Waals surface area contributed by atoms with Crippen LogP contribution in [0.5, 0.6) is 0 Å². The van der Waals surface area contributed by atoms with Crippen LogP contribution in [-0.4, -0.2) is 9.52 Å². The fourth-order valence-corrected chi connectivity index (χ4v) is 3.74. The van der Waals surface area contributed by atoms with Crippen LogP contribution in [0.2, 0.25) is 11.1 Å². The van der Waals surface area contributed by atoms with Crippen LogP contribution in [0.4, 0.5) is 0 Å². The molecule has 0 heterocycles. The maximum absolute atomic E-state index is 3.47. The molecule has 0 saturated carbocycles. The van der Waals surface area contributed by atoms with Crippen molar-refractivity contribution in [1.29, 1.82) is 0 Å². The predicted molar refractivity (Wildman–Crippen MR) is 80.1 cm³/mol. The third-order valence-electron chi connectivity index (χ3n) is 2.81. The Kier molecular flexibility index (Phi) is 5.77. The normalized spacial score (nSPS) is 12.5. The summed E-state index contributed by atoms with van der Waals surface area (Å²) in [5, 5.41) is 0.637. The smallest absolute Gasteiger partial charge is 0.0260 e. The van der Waals surface area contributed by atoms with Gasteiger partial charge in [-0.1, -0.05) is 61.3 Å². The Morgan fingerprint density at radius 2 is 1.69 bits per heavy atom. The van der Waals surface area contributed by atoms with E-state index in [9.17, 15) is 0 Å². The molecule has 0 unspecified atom stereocenters. The van der Waals surface area contributed by atoms with Gasteiger partial charge >= 0.3 is 0 Å². The number of rotatable bonds is 5. The molecule has 0 fully saturated rings. The average Bonchev–Trinajstić information content (AvgIpc) is 2.19. The topological polar surface area (TPSA) is 0 Å². The van der Waals surface area contributed by atoms with Crippen LogP contribution in [0.15, 0.2) is 28.7 Å². The Hall–Kier alpha value is -0.0831. The Bertz CT molecular complexity index is 298. The predicted octanol–water partition coefficient (Wildman–Crippen LogP) is 4.58. The first-order chi connectivity index (χ1) is 7.47. The fraction of sp³-hybridized carbons (Fsp3) is 0.571. The van der Waals surface area contributed by atoms with Gasteiger partial charge in [0.25, 0.3) is 0 Å². The van der Waals surface area contributed by atoms with Crippen molar-refractivity contribution in [3.63, 3.8) is 0 Å². The van der Waals surface area contributed by atoms with E-state index >= 15 is 0 Å². The molecule has 0 amide bonds. The van der Waals surface area contributed by atoms with Crippen molar-refractivity contribution in [2.24, 2.45) is 0 Å². The first-order valence-corrected chi connectivity index (χ1v) is 8.72. The molecular weight excluding hydrogens is 276 g/mol. The number of unbranched alkanes of at least 4 members (excludes halogenated alkanes) is 1. The van der Waals surface area contributed by atoms with Gasteiger partial charge in [0.1, 0.15) is 0 Å². The fourth-order valence-electron chi connectivity index (χ4n) is 1.81. The molecule has 0 atom stereocenters. The third-order valence-corrected chi connectivity index (χ3v) is 5.69. The van der Waals surface area contributed by atoms with Crippen molar-refractivity contribution >= 4 is 25.4 Å². The average molecular weight is 299 g/mol. The highest BCUT2D eigenvalue weighted by Gasteiger charge is 2.09. The zero-order valence-corrected chi connectivity index (χ0v) is 13.7. The highest BCUT2D eigenvalue weighted by molar-refractivity contribution is 9.10. The lowest BCUT2D eigenvalue weighted by molar-refractivity contribution is 0.728. The SMILES string of the molecule is CC(C)(C)[SiH2]CCCCc1ccc(Br)cc1. The molecule has 0 aliphatic heterocycles. The van der Waals surface area contributed by atoms with Gasteiger partial charge < -0.3 is 0 Å². The Morgan fingerprint density at radius 1 is 1.06 bits per heavy atom. The van der Waals surface area contributed by atoms with E-state index < -0.39 is 0 Å². The van der Waals surface area contributed by atoms with E-state index in [1.54, 1.807) is 0 Å². The molecule has 0 nitrogen and oxygen atoms in total. The maximum Gasteiger partial charge on any atom is 0.0260 e. The Balaban J connectivity index is 2.14. The van der Waals surface area contributed by atoms with Crippen molar-refractivity contribution in [2.45, 2.75) is 51.1 Å². The summed E-state index contributed by atoms with van der Waals surface area (Å²) in [6, 6.07) is 10.2. The number of aryl methyl sites for hydroxylation is 1. The van der Waals surface area contributed by atoms with Crippen LogP contribution in [0.25, 0.3) is 0 Å². The lowest BCUT2D eigenvalue weighted by Crippen LogP contribution is -2.07. The Labute approximate surface area is 111 Å². The molecular formula is C14H23BrSi. The van der Waals surface area contributed by atoms with Gasteiger partial charge in [0.15, 0.2) is 0 Å². The van der Waals surface area contributed by atoms with Crippen LogP contribution >= 0.6 is 15.9 Å². The van der Waals surface area contributed by atoms with Gasteiger partial charge in [0.05, 0.1) is 0 Å². The van der Waals surface area contributed by atoms with Gasteiger partial charge in [0.2, 0.25) is 0 Å². The van der Waals surface area contributed by atoms with Crippen molar-refractivity contribution in [3.05, 3.63) is 34.3 Å². The van der Waals surface area contributed by atoms with Crippen molar-refractivity contribution in [3.8, 4) is 0 Å². The van der Waals surface area contributed by atoms with Crippen molar-refractivity contribution in [2.75, 3.05) is 0 Å². The van der Waals surface area contributed by atoms with Crippen LogP contribution in [0.1, 0.15) is 39.2 Å². The van der Waals surface area contributed by atoms with Gasteiger partial charge in [-0.25, -0.2) is 0 Å². The molecule has 1 aromatic carbocycles. The molecule has 0 aliphatic carbocycles. The van der Waals surface area contributed by atoms with Gasteiger partial charge in [-0.3, -0.25) is 0 Å². The van der Waals surface area contributed by atoms with Crippen molar-refractivity contribution in [1.82, 2.24) is 0 Å². The van der Waals surface area contributed by atoms with Crippen LogP contribution in [0.3, 0.4) is 0 Å². The summed E-state index contributed by atoms with van der Waals surface area (Å²) in [7, 11) is 0.136. The number of halogens is 1. The Morgan fingerprint density at radius 3 is 2.25 bits per heavy atom. The van der Waals surface area contributed by atoms with Crippen LogP contribution in [0, 0.1) is 0 Å². The molecule has 1 rings (SSSR count). The monoisotopic (exact) mass is 298 g/mol. The maximum atomic E-state index is 3.47. The summed E-state index contributed by atoms with van der Waals surface area (Å²) in [6.07, 6.45) is 4.01. The molecule has 0 bridgehead atoms. The zero-order chi connectivity index (χ0) is 12.0. The van der Waals surface area contributed by atoms with Crippen molar-refractivity contribution < 1.29 is 0 Å². The number of hydrogen-bond donors (Lipinski definition) is 0. The molecule has 2 heteroatoms. The second-order valence-electron chi connectivity index (χ2n) is 5.75. The van der Waals surface area contributed by atoms with Gasteiger partial charge in [-0.15, -0.1) is 0 Å². The minimum absolute atomic E-state index is 0.136. The minimum atomic E-state index is 0.136. The number of hydrogen-bond acceptors (Lipinski definition) is 0. The molecule has 0 N–H and O–H groups in total. The van der Waals surface area contributed by atoms with Gasteiger partial charge in [-0.05, 0) is 35.6 Å². The second-order valence-corrected chi connectivity index (χ2v) is 9.99. The van der Waals surface area contributed by atoms with E-state index in [4.69, 9.17) is 0 Å². The summed E-state index contributed by atoms with van der Waals surface area (Å²) in [4.78, 5) is 0. The summed E-state index contributed by atoms with van der Waals surface area (Å²) in [5.41, 5.74) is 1.47. The van der Waals surface area contributed by atoms with E-state index in [-0.39, 0.29) is 9.52 Å². The van der Waals surface area contributed by atoms with Crippen LogP contribution < -0.4 is 0 Å². The molecule has 0 saturated heterocycles. The summed E-state index contributed by atoms with van der Waals surface area (Å²) in [5.74, 6) is 0. The minimum Gasteiger partial charge on any atom is -0.0632 e. The first-order valence-electron chi connectivity index (χ1n) is 6.22. The molecule has 0 aliphatic rings. The van der Waals surface area contributed by atoms with Crippen LogP contribution in [-0.2, 0) is 6.42 Å².